The standard InChI is InChI=1S/C11H14N2O2S/c1-13(7-9(14)15)10(11(12)16)8-5-3-2-4-6-8/h2-6,10H,7H2,1H3,(H2,12,16)(H,14,15). The maximum Gasteiger partial charge on any atom is 0.317 e. The van der Waals surface area contributed by atoms with E-state index in [0.29, 0.717) is 0 Å². The van der Waals surface area contributed by atoms with E-state index in [9.17, 15) is 4.79 Å². The molecule has 0 amide bonds. The van der Waals surface area contributed by atoms with E-state index >= 15 is 0 Å². The number of carboxylic acid groups (broad SMARTS) is 1. The number of carbonyl (C=O) groups is 1. The molecule has 0 radical (unpaired) electrons. The fourth-order valence-corrected chi connectivity index (χ4v) is 1.89. The average Bonchev–Trinajstić information content (AvgIpc) is 2.17. The fraction of sp³-hybridized carbons (Fsp3) is 0.273. The van der Waals surface area contributed by atoms with Gasteiger partial charge in [0.25, 0.3) is 0 Å². The minimum atomic E-state index is -0.903. The van der Waals surface area contributed by atoms with Gasteiger partial charge in [0, 0.05) is 0 Å². The number of thiocarbonyl (C=S) groups is 1. The molecular formula is C11H14N2O2S. The minimum Gasteiger partial charge on any atom is -0.480 e. The van der Waals surface area contributed by atoms with Crippen LogP contribution in [0.1, 0.15) is 11.6 Å². The lowest BCUT2D eigenvalue weighted by atomic mass is 10.1. The normalized spacial score (nSPS) is 12.4. The van der Waals surface area contributed by atoms with E-state index in [0.717, 1.165) is 5.56 Å². The molecule has 0 aromatic heterocycles. The predicted molar refractivity (Wildman–Crippen MR) is 66.2 cm³/mol. The molecule has 0 aliphatic rings. The molecule has 86 valence electrons. The first-order valence-electron chi connectivity index (χ1n) is 4.78. The van der Waals surface area contributed by atoms with Gasteiger partial charge in [-0.25, -0.2) is 0 Å². The summed E-state index contributed by atoms with van der Waals surface area (Å²) in [6.45, 7) is -0.100. The van der Waals surface area contributed by atoms with Gasteiger partial charge in [0.15, 0.2) is 0 Å². The van der Waals surface area contributed by atoms with Crippen LogP contribution in [0.4, 0.5) is 0 Å². The Morgan fingerprint density at radius 1 is 1.50 bits per heavy atom. The minimum absolute atomic E-state index is 0.100. The van der Waals surface area contributed by atoms with Gasteiger partial charge in [-0.2, -0.15) is 0 Å². The van der Waals surface area contributed by atoms with Crippen LogP contribution in [0.15, 0.2) is 30.3 Å². The van der Waals surface area contributed by atoms with Crippen molar-refractivity contribution in [3.8, 4) is 0 Å². The number of hydrogen-bond acceptors (Lipinski definition) is 3. The molecule has 0 saturated carbocycles. The van der Waals surface area contributed by atoms with Crippen molar-refractivity contribution in [1.29, 1.82) is 0 Å². The number of likely N-dealkylation sites (N-methyl/N-ethyl adjacent to an activating group) is 1. The average molecular weight is 238 g/mol. The van der Waals surface area contributed by atoms with Crippen molar-refractivity contribution in [3.05, 3.63) is 35.9 Å². The zero-order chi connectivity index (χ0) is 12.1. The highest BCUT2D eigenvalue weighted by molar-refractivity contribution is 7.80. The maximum atomic E-state index is 10.6. The van der Waals surface area contributed by atoms with E-state index in [1.54, 1.807) is 11.9 Å². The predicted octanol–water partition coefficient (Wildman–Crippen LogP) is 1.03. The lowest BCUT2D eigenvalue weighted by molar-refractivity contribution is -0.138. The number of nitrogens with two attached hydrogens (primary N) is 1. The zero-order valence-electron chi connectivity index (χ0n) is 8.96. The molecule has 0 heterocycles. The molecule has 1 aromatic rings. The van der Waals surface area contributed by atoms with Crippen LogP contribution in [-0.4, -0.2) is 34.6 Å². The Morgan fingerprint density at radius 2 is 2.06 bits per heavy atom. The number of aliphatic carboxylic acids is 1. The summed E-state index contributed by atoms with van der Waals surface area (Å²) in [4.78, 5) is 12.5. The van der Waals surface area contributed by atoms with Crippen LogP contribution in [0.5, 0.6) is 0 Å². The summed E-state index contributed by atoms with van der Waals surface area (Å²) >= 11 is 4.97. The molecular weight excluding hydrogens is 224 g/mol. The van der Waals surface area contributed by atoms with Gasteiger partial charge in [0.1, 0.15) is 0 Å². The third kappa shape index (κ3) is 3.29. The van der Waals surface area contributed by atoms with Crippen LogP contribution in [0.3, 0.4) is 0 Å². The van der Waals surface area contributed by atoms with Gasteiger partial charge in [-0.05, 0) is 12.6 Å². The van der Waals surface area contributed by atoms with Gasteiger partial charge in [0.05, 0.1) is 17.6 Å². The number of benzene rings is 1. The van der Waals surface area contributed by atoms with Gasteiger partial charge < -0.3 is 10.8 Å². The van der Waals surface area contributed by atoms with Crippen LogP contribution >= 0.6 is 12.2 Å². The molecule has 0 spiro atoms. The van der Waals surface area contributed by atoms with Crippen LogP contribution in [0, 0.1) is 0 Å². The van der Waals surface area contributed by atoms with Crippen LogP contribution < -0.4 is 5.73 Å². The molecule has 1 rings (SSSR count). The quantitative estimate of drug-likeness (QED) is 0.750. The van der Waals surface area contributed by atoms with E-state index < -0.39 is 5.97 Å². The van der Waals surface area contributed by atoms with Crippen LogP contribution in [-0.2, 0) is 4.79 Å². The monoisotopic (exact) mass is 238 g/mol. The molecule has 0 aliphatic heterocycles. The molecule has 3 N–H and O–H groups in total. The first-order chi connectivity index (χ1) is 7.52. The molecule has 0 bridgehead atoms. The SMILES string of the molecule is CN(CC(=O)O)C(C(N)=S)c1ccccc1. The van der Waals surface area contributed by atoms with Gasteiger partial charge in [-0.3, -0.25) is 9.69 Å². The van der Waals surface area contributed by atoms with Crippen molar-refractivity contribution in [1.82, 2.24) is 4.90 Å². The van der Waals surface area contributed by atoms with Crippen molar-refractivity contribution >= 4 is 23.2 Å². The molecule has 1 unspecified atom stereocenters. The Morgan fingerprint density at radius 3 is 2.50 bits per heavy atom. The van der Waals surface area contributed by atoms with Crippen molar-refractivity contribution in [3.63, 3.8) is 0 Å². The van der Waals surface area contributed by atoms with Gasteiger partial charge in [0.2, 0.25) is 0 Å². The van der Waals surface area contributed by atoms with E-state index in [1.807, 2.05) is 30.3 Å². The Balaban J connectivity index is 2.92. The number of nitrogens with zero attached hydrogens (tertiary/aromatic N) is 1. The van der Waals surface area contributed by atoms with Crippen molar-refractivity contribution in [2.75, 3.05) is 13.6 Å². The highest BCUT2D eigenvalue weighted by Crippen LogP contribution is 2.19. The zero-order valence-corrected chi connectivity index (χ0v) is 9.78. The lowest BCUT2D eigenvalue weighted by Gasteiger charge is -2.25. The fourth-order valence-electron chi connectivity index (χ4n) is 1.58. The summed E-state index contributed by atoms with van der Waals surface area (Å²) in [6.07, 6.45) is 0. The first-order valence-corrected chi connectivity index (χ1v) is 5.19. The highest BCUT2D eigenvalue weighted by Gasteiger charge is 2.21. The van der Waals surface area contributed by atoms with Crippen molar-refractivity contribution < 1.29 is 9.90 Å². The summed E-state index contributed by atoms with van der Waals surface area (Å²) in [5.41, 5.74) is 6.54. The summed E-state index contributed by atoms with van der Waals surface area (Å²) in [5.74, 6) is -0.903. The molecule has 4 nitrogen and oxygen atoms in total. The second-order valence-corrected chi connectivity index (χ2v) is 4.00. The number of carboxylic acids is 1. The van der Waals surface area contributed by atoms with Gasteiger partial charge in [-0.15, -0.1) is 0 Å². The topological polar surface area (TPSA) is 66.6 Å². The number of rotatable bonds is 5. The largest absolute Gasteiger partial charge is 0.480 e. The Hall–Kier alpha value is -1.46. The van der Waals surface area contributed by atoms with Crippen LogP contribution in [0.25, 0.3) is 0 Å². The van der Waals surface area contributed by atoms with Crippen LogP contribution in [0.2, 0.25) is 0 Å². The molecule has 16 heavy (non-hydrogen) atoms. The molecule has 0 saturated heterocycles. The molecule has 1 aromatic carbocycles. The summed E-state index contributed by atoms with van der Waals surface area (Å²) in [6, 6.07) is 9.04. The second kappa shape index (κ2) is 5.58. The van der Waals surface area contributed by atoms with Crippen molar-refractivity contribution in [2.24, 2.45) is 5.73 Å². The Bertz CT molecular complexity index is 381. The lowest BCUT2D eigenvalue weighted by Crippen LogP contribution is -2.37. The molecule has 1 atom stereocenters. The van der Waals surface area contributed by atoms with E-state index in [2.05, 4.69) is 0 Å². The Kier molecular flexibility index (Phi) is 4.39. The van der Waals surface area contributed by atoms with E-state index in [4.69, 9.17) is 23.1 Å². The van der Waals surface area contributed by atoms with E-state index in [1.165, 1.54) is 0 Å². The second-order valence-electron chi connectivity index (χ2n) is 3.52. The van der Waals surface area contributed by atoms with Gasteiger partial charge in [-0.1, -0.05) is 42.5 Å². The molecule has 5 heteroatoms. The van der Waals surface area contributed by atoms with E-state index in [-0.39, 0.29) is 17.6 Å². The van der Waals surface area contributed by atoms with Crippen molar-refractivity contribution in [2.45, 2.75) is 6.04 Å². The number of hydrogen-bond donors (Lipinski definition) is 2. The third-order valence-corrected chi connectivity index (χ3v) is 2.43. The Labute approximate surface area is 99.7 Å². The summed E-state index contributed by atoms with van der Waals surface area (Å²) in [7, 11) is 1.69. The summed E-state index contributed by atoms with van der Waals surface area (Å²) < 4.78 is 0. The maximum absolute atomic E-state index is 10.6. The smallest absolute Gasteiger partial charge is 0.317 e. The highest BCUT2D eigenvalue weighted by atomic mass is 32.1. The molecule has 0 aliphatic carbocycles. The molecule has 0 fully saturated rings. The van der Waals surface area contributed by atoms with Gasteiger partial charge >= 0.3 is 5.97 Å². The third-order valence-electron chi connectivity index (χ3n) is 2.21. The summed E-state index contributed by atoms with van der Waals surface area (Å²) in [5, 5.41) is 8.74. The first kappa shape index (κ1) is 12.6.